The third-order valence-electron chi connectivity index (χ3n) is 4.22. The second kappa shape index (κ2) is 7.38. The van der Waals surface area contributed by atoms with Crippen LogP contribution >= 0.6 is 0 Å². The molecule has 0 radical (unpaired) electrons. The highest BCUT2D eigenvalue weighted by Gasteiger charge is 2.29. The van der Waals surface area contributed by atoms with Crippen LogP contribution in [0.5, 0.6) is 0 Å². The summed E-state index contributed by atoms with van der Waals surface area (Å²) in [5.74, 6) is 0. The van der Waals surface area contributed by atoms with Crippen molar-refractivity contribution in [1.82, 2.24) is 15.1 Å². The summed E-state index contributed by atoms with van der Waals surface area (Å²) in [4.78, 5) is 27.9. The van der Waals surface area contributed by atoms with Crippen molar-refractivity contribution in [1.29, 1.82) is 0 Å². The molecule has 0 aliphatic carbocycles. The van der Waals surface area contributed by atoms with E-state index in [1.807, 2.05) is 30.6 Å². The number of piperidine rings is 2. The molecule has 2 aliphatic rings. The average Bonchev–Trinajstić information content (AvgIpc) is 2.46. The molecule has 2 aliphatic heterocycles. The van der Waals surface area contributed by atoms with Gasteiger partial charge >= 0.3 is 12.1 Å². The van der Waals surface area contributed by atoms with E-state index in [-0.39, 0.29) is 18.2 Å². The summed E-state index contributed by atoms with van der Waals surface area (Å²) >= 11 is 0. The lowest BCUT2D eigenvalue weighted by Crippen LogP contribution is -2.52. The number of aliphatic hydroxyl groups excluding tert-OH is 1. The van der Waals surface area contributed by atoms with Crippen molar-refractivity contribution < 1.29 is 19.4 Å². The smallest absolute Gasteiger partial charge is 0.407 e. The van der Waals surface area contributed by atoms with Crippen LogP contribution < -0.4 is 5.32 Å². The Morgan fingerprint density at radius 3 is 1.96 bits per heavy atom. The maximum atomic E-state index is 12.4. The van der Waals surface area contributed by atoms with E-state index < -0.39 is 11.7 Å². The first-order valence-corrected chi connectivity index (χ1v) is 8.46. The molecule has 7 heteroatoms. The van der Waals surface area contributed by atoms with Crippen molar-refractivity contribution in [3.63, 3.8) is 0 Å². The van der Waals surface area contributed by atoms with Crippen molar-refractivity contribution >= 4 is 12.1 Å². The zero-order valence-corrected chi connectivity index (χ0v) is 14.4. The van der Waals surface area contributed by atoms with Gasteiger partial charge in [0.2, 0.25) is 0 Å². The molecule has 132 valence electrons. The molecule has 2 rings (SSSR count). The monoisotopic (exact) mass is 327 g/mol. The number of likely N-dealkylation sites (tertiary alicyclic amines) is 2. The molecule has 0 saturated carbocycles. The molecule has 7 nitrogen and oxygen atoms in total. The normalized spacial score (nSPS) is 21.2. The van der Waals surface area contributed by atoms with Crippen molar-refractivity contribution in [2.75, 3.05) is 26.2 Å². The average molecular weight is 327 g/mol. The molecule has 0 unspecified atom stereocenters. The molecule has 23 heavy (non-hydrogen) atoms. The summed E-state index contributed by atoms with van der Waals surface area (Å²) in [6.45, 7) is 8.03. The Hall–Kier alpha value is -1.50. The van der Waals surface area contributed by atoms with Crippen LogP contribution in [0.4, 0.5) is 9.59 Å². The fraction of sp³-hybridized carbons (Fsp3) is 0.875. The number of aliphatic hydroxyl groups is 1. The van der Waals surface area contributed by atoms with E-state index in [9.17, 15) is 14.7 Å². The molecule has 0 aromatic heterocycles. The van der Waals surface area contributed by atoms with E-state index in [1.165, 1.54) is 0 Å². The SMILES string of the molecule is CC(C)(C)OC(=O)NC1CCN(C(=O)N2CCC(O)CC2)CC1. The van der Waals surface area contributed by atoms with E-state index in [4.69, 9.17) is 4.74 Å². The Morgan fingerprint density at radius 1 is 1.00 bits per heavy atom. The summed E-state index contributed by atoms with van der Waals surface area (Å²) in [5, 5.41) is 12.4. The van der Waals surface area contributed by atoms with Gasteiger partial charge in [-0.15, -0.1) is 0 Å². The molecule has 2 fully saturated rings. The van der Waals surface area contributed by atoms with Gasteiger partial charge in [0, 0.05) is 32.2 Å². The summed E-state index contributed by atoms with van der Waals surface area (Å²) < 4.78 is 5.26. The number of urea groups is 1. The first kappa shape index (κ1) is 17.8. The Kier molecular flexibility index (Phi) is 5.73. The fourth-order valence-electron chi connectivity index (χ4n) is 2.95. The topological polar surface area (TPSA) is 82.1 Å². The first-order valence-electron chi connectivity index (χ1n) is 8.46. The maximum Gasteiger partial charge on any atom is 0.407 e. The minimum Gasteiger partial charge on any atom is -0.444 e. The van der Waals surface area contributed by atoms with E-state index in [1.54, 1.807) is 0 Å². The van der Waals surface area contributed by atoms with Gasteiger partial charge < -0.3 is 25.0 Å². The number of hydrogen-bond acceptors (Lipinski definition) is 4. The highest BCUT2D eigenvalue weighted by atomic mass is 16.6. The van der Waals surface area contributed by atoms with Gasteiger partial charge in [-0.1, -0.05) is 0 Å². The van der Waals surface area contributed by atoms with E-state index in [0.29, 0.717) is 39.0 Å². The summed E-state index contributed by atoms with van der Waals surface area (Å²) in [6.07, 6.45) is 2.11. The number of carbonyl (C=O) groups excluding carboxylic acids is 2. The largest absolute Gasteiger partial charge is 0.444 e. The van der Waals surface area contributed by atoms with Gasteiger partial charge in [0.1, 0.15) is 5.60 Å². The summed E-state index contributed by atoms with van der Waals surface area (Å²) in [7, 11) is 0. The standard InChI is InChI=1S/C16H29N3O4/c1-16(2,3)23-14(21)17-12-4-8-18(9-5-12)15(22)19-10-6-13(20)7-11-19/h12-13,20H,4-11H2,1-3H3,(H,17,21). The van der Waals surface area contributed by atoms with Gasteiger partial charge in [-0.25, -0.2) is 9.59 Å². The van der Waals surface area contributed by atoms with Crippen LogP contribution in [-0.4, -0.2) is 71.0 Å². The number of rotatable bonds is 1. The van der Waals surface area contributed by atoms with Gasteiger partial charge in [-0.2, -0.15) is 0 Å². The van der Waals surface area contributed by atoms with Crippen molar-refractivity contribution in [3.8, 4) is 0 Å². The minimum absolute atomic E-state index is 0.0487. The van der Waals surface area contributed by atoms with Gasteiger partial charge in [-0.3, -0.25) is 0 Å². The second-order valence-electron chi connectivity index (χ2n) is 7.41. The number of hydrogen-bond donors (Lipinski definition) is 2. The van der Waals surface area contributed by atoms with E-state index >= 15 is 0 Å². The molecule has 0 bridgehead atoms. The molecule has 2 N–H and O–H groups in total. The van der Waals surface area contributed by atoms with Crippen LogP contribution in [0.2, 0.25) is 0 Å². The Morgan fingerprint density at radius 2 is 1.48 bits per heavy atom. The lowest BCUT2D eigenvalue weighted by molar-refractivity contribution is 0.0477. The van der Waals surface area contributed by atoms with Crippen molar-refractivity contribution in [3.05, 3.63) is 0 Å². The second-order valence-corrected chi connectivity index (χ2v) is 7.41. The Labute approximate surface area is 138 Å². The fourth-order valence-corrected chi connectivity index (χ4v) is 2.95. The van der Waals surface area contributed by atoms with E-state index in [0.717, 1.165) is 12.8 Å². The predicted molar refractivity (Wildman–Crippen MR) is 86.2 cm³/mol. The molecule has 2 saturated heterocycles. The first-order chi connectivity index (χ1) is 10.7. The number of ether oxygens (including phenoxy) is 1. The molecule has 0 aromatic rings. The van der Waals surface area contributed by atoms with Crippen LogP contribution in [0.25, 0.3) is 0 Å². The third-order valence-corrected chi connectivity index (χ3v) is 4.22. The van der Waals surface area contributed by atoms with Crippen LogP contribution in [0.15, 0.2) is 0 Å². The molecule has 0 aromatic carbocycles. The number of amides is 3. The Bertz CT molecular complexity index is 420. The van der Waals surface area contributed by atoms with Crippen LogP contribution in [0.1, 0.15) is 46.5 Å². The summed E-state index contributed by atoms with van der Waals surface area (Å²) in [6, 6.07) is 0.102. The number of nitrogens with one attached hydrogen (secondary N) is 1. The van der Waals surface area contributed by atoms with Crippen molar-refractivity contribution in [2.24, 2.45) is 0 Å². The van der Waals surface area contributed by atoms with Crippen LogP contribution in [0, 0.1) is 0 Å². The summed E-state index contributed by atoms with van der Waals surface area (Å²) in [5.41, 5.74) is -0.500. The number of carbonyl (C=O) groups is 2. The molecule has 0 atom stereocenters. The van der Waals surface area contributed by atoms with Gasteiger partial charge in [0.05, 0.1) is 6.10 Å². The van der Waals surface area contributed by atoms with Gasteiger partial charge in [0.15, 0.2) is 0 Å². The minimum atomic E-state index is -0.500. The lowest BCUT2D eigenvalue weighted by atomic mass is 10.0. The zero-order valence-electron chi connectivity index (χ0n) is 14.4. The van der Waals surface area contributed by atoms with Gasteiger partial charge in [0.25, 0.3) is 0 Å². The number of nitrogens with zero attached hydrogens (tertiary/aromatic N) is 2. The molecular formula is C16H29N3O4. The predicted octanol–water partition coefficient (Wildman–Crippen LogP) is 1.55. The lowest BCUT2D eigenvalue weighted by Gasteiger charge is -2.38. The van der Waals surface area contributed by atoms with E-state index in [2.05, 4.69) is 5.32 Å². The van der Waals surface area contributed by atoms with Crippen LogP contribution in [0.3, 0.4) is 0 Å². The zero-order chi connectivity index (χ0) is 17.0. The van der Waals surface area contributed by atoms with Crippen molar-refractivity contribution in [2.45, 2.75) is 64.2 Å². The third kappa shape index (κ3) is 5.57. The maximum absolute atomic E-state index is 12.4. The molecular weight excluding hydrogens is 298 g/mol. The molecule has 2 heterocycles. The Balaban J connectivity index is 1.73. The van der Waals surface area contributed by atoms with Crippen LogP contribution in [-0.2, 0) is 4.74 Å². The van der Waals surface area contributed by atoms with Gasteiger partial charge in [-0.05, 0) is 46.5 Å². The quantitative estimate of drug-likeness (QED) is 0.765. The molecule has 0 spiro atoms. The highest BCUT2D eigenvalue weighted by Crippen LogP contribution is 2.17. The number of alkyl carbamates (subject to hydrolysis) is 1. The highest BCUT2D eigenvalue weighted by molar-refractivity contribution is 5.74. The molecule has 3 amide bonds.